The maximum absolute atomic E-state index is 12.1. The molecule has 2 N–H and O–H groups in total. The highest BCUT2D eigenvalue weighted by molar-refractivity contribution is 5.75. The summed E-state index contributed by atoms with van der Waals surface area (Å²) in [5.74, 6) is 1.21. The smallest absolute Gasteiger partial charge is 0.243 e. The third kappa shape index (κ3) is 4.10. The van der Waals surface area contributed by atoms with Gasteiger partial charge in [0, 0.05) is 5.56 Å². The van der Waals surface area contributed by atoms with Crippen LogP contribution in [0.4, 0.5) is 0 Å². The first-order valence-corrected chi connectivity index (χ1v) is 7.83. The first-order valence-electron chi connectivity index (χ1n) is 7.83. The van der Waals surface area contributed by atoms with Crippen LogP contribution in [0.2, 0.25) is 0 Å². The van der Waals surface area contributed by atoms with Gasteiger partial charge < -0.3 is 14.8 Å². The van der Waals surface area contributed by atoms with Gasteiger partial charge in [0.05, 0.1) is 6.54 Å². The molecule has 0 fully saturated rings. The van der Waals surface area contributed by atoms with E-state index < -0.39 is 5.60 Å². The topological polar surface area (TPSA) is 106 Å². The van der Waals surface area contributed by atoms with E-state index in [0.717, 1.165) is 5.56 Å². The Morgan fingerprint density at radius 1 is 1.28 bits per heavy atom. The molecule has 130 valence electrons. The van der Waals surface area contributed by atoms with Crippen molar-refractivity contribution in [3.63, 3.8) is 0 Å². The van der Waals surface area contributed by atoms with Crippen LogP contribution in [0.25, 0.3) is 11.4 Å². The molecule has 0 aliphatic carbocycles. The number of furan rings is 1. The van der Waals surface area contributed by atoms with Crippen molar-refractivity contribution in [2.75, 3.05) is 6.54 Å². The van der Waals surface area contributed by atoms with Gasteiger partial charge in [-0.3, -0.25) is 4.79 Å². The lowest BCUT2D eigenvalue weighted by molar-refractivity contribution is -0.123. The third-order valence-electron chi connectivity index (χ3n) is 3.67. The minimum absolute atomic E-state index is 0.0129. The van der Waals surface area contributed by atoms with Gasteiger partial charge in [-0.05, 0) is 31.2 Å². The molecule has 3 aromatic rings. The Bertz CT molecular complexity index is 854. The number of carbonyl (C=O) groups excluding carboxylic acids is 1. The molecule has 25 heavy (non-hydrogen) atoms. The van der Waals surface area contributed by atoms with Gasteiger partial charge in [-0.15, -0.1) is 10.2 Å². The minimum Gasteiger partial charge on any atom is -0.463 e. The van der Waals surface area contributed by atoms with Crippen molar-refractivity contribution in [2.24, 2.45) is 0 Å². The average Bonchev–Trinajstić information content (AvgIpc) is 3.23. The van der Waals surface area contributed by atoms with Crippen molar-refractivity contribution in [3.05, 3.63) is 54.0 Å². The Labute approximate surface area is 144 Å². The lowest BCUT2D eigenvalue weighted by Crippen LogP contribution is -2.40. The molecule has 0 radical (unpaired) electrons. The maximum atomic E-state index is 12.1. The van der Waals surface area contributed by atoms with E-state index in [-0.39, 0.29) is 19.0 Å². The van der Waals surface area contributed by atoms with Crippen molar-refractivity contribution >= 4 is 5.91 Å². The highest BCUT2D eigenvalue weighted by Crippen LogP contribution is 2.21. The molecule has 1 amide bonds. The van der Waals surface area contributed by atoms with E-state index in [1.165, 1.54) is 4.80 Å². The molecule has 0 saturated heterocycles. The second-order valence-electron chi connectivity index (χ2n) is 5.97. The summed E-state index contributed by atoms with van der Waals surface area (Å²) in [6, 6.07) is 12.8. The van der Waals surface area contributed by atoms with Crippen molar-refractivity contribution in [1.29, 1.82) is 0 Å². The summed E-state index contributed by atoms with van der Waals surface area (Å²) < 4.78 is 5.41. The van der Waals surface area contributed by atoms with Gasteiger partial charge >= 0.3 is 0 Å². The van der Waals surface area contributed by atoms with E-state index >= 15 is 0 Å². The molecule has 1 unspecified atom stereocenters. The zero-order chi connectivity index (χ0) is 17.9. The Balaban J connectivity index is 1.57. The molecule has 2 heterocycles. The van der Waals surface area contributed by atoms with Gasteiger partial charge in [0.15, 0.2) is 0 Å². The van der Waals surface area contributed by atoms with E-state index in [2.05, 4.69) is 20.7 Å². The van der Waals surface area contributed by atoms with Crippen LogP contribution in [-0.2, 0) is 16.9 Å². The molecule has 2 aromatic heterocycles. The number of nitrogens with zero attached hydrogens (tertiary/aromatic N) is 4. The van der Waals surface area contributed by atoms with Crippen molar-refractivity contribution in [2.45, 2.75) is 26.0 Å². The van der Waals surface area contributed by atoms with Crippen LogP contribution >= 0.6 is 0 Å². The van der Waals surface area contributed by atoms with Gasteiger partial charge in [-0.1, -0.05) is 30.3 Å². The predicted octanol–water partition coefficient (Wildman–Crippen LogP) is 1.27. The van der Waals surface area contributed by atoms with E-state index in [4.69, 9.17) is 4.42 Å². The van der Waals surface area contributed by atoms with Gasteiger partial charge in [-0.2, -0.15) is 4.80 Å². The fourth-order valence-corrected chi connectivity index (χ4v) is 2.28. The van der Waals surface area contributed by atoms with Crippen LogP contribution in [-0.4, -0.2) is 37.8 Å². The highest BCUT2D eigenvalue weighted by atomic mass is 16.4. The first-order chi connectivity index (χ1) is 11.9. The summed E-state index contributed by atoms with van der Waals surface area (Å²) >= 11 is 0. The number of amides is 1. The third-order valence-corrected chi connectivity index (χ3v) is 3.67. The number of benzene rings is 1. The Morgan fingerprint density at radius 2 is 2.04 bits per heavy atom. The van der Waals surface area contributed by atoms with Gasteiger partial charge in [-0.25, -0.2) is 0 Å². The summed E-state index contributed by atoms with van der Waals surface area (Å²) in [6.07, 6.45) is 0. The summed E-state index contributed by atoms with van der Waals surface area (Å²) in [5.41, 5.74) is -0.472. The molecule has 0 spiro atoms. The number of aliphatic hydroxyl groups is 1. The van der Waals surface area contributed by atoms with Crippen LogP contribution in [0.3, 0.4) is 0 Å². The molecule has 0 saturated carbocycles. The van der Waals surface area contributed by atoms with E-state index in [0.29, 0.717) is 17.3 Å². The van der Waals surface area contributed by atoms with E-state index in [1.807, 2.05) is 30.3 Å². The average molecular weight is 341 g/mol. The van der Waals surface area contributed by atoms with E-state index in [9.17, 15) is 9.90 Å². The second kappa shape index (κ2) is 6.86. The quantitative estimate of drug-likeness (QED) is 0.699. The van der Waals surface area contributed by atoms with Crippen LogP contribution in [0.5, 0.6) is 0 Å². The molecule has 8 heteroatoms. The number of carbonyl (C=O) groups is 1. The minimum atomic E-state index is -1.30. The summed E-state index contributed by atoms with van der Waals surface area (Å²) in [4.78, 5) is 13.3. The van der Waals surface area contributed by atoms with Gasteiger partial charge in [0.2, 0.25) is 11.7 Å². The predicted molar refractivity (Wildman–Crippen MR) is 89.3 cm³/mol. The van der Waals surface area contributed by atoms with Crippen LogP contribution in [0.15, 0.2) is 46.9 Å². The normalized spacial score (nSPS) is 13.4. The Kier molecular flexibility index (Phi) is 4.62. The monoisotopic (exact) mass is 341 g/mol. The van der Waals surface area contributed by atoms with Crippen LogP contribution in [0.1, 0.15) is 18.4 Å². The van der Waals surface area contributed by atoms with Crippen LogP contribution in [0, 0.1) is 6.92 Å². The molecule has 0 aliphatic heterocycles. The first kappa shape index (κ1) is 16.8. The number of hydrogen-bond acceptors (Lipinski definition) is 6. The van der Waals surface area contributed by atoms with Crippen molar-refractivity contribution in [3.8, 4) is 11.4 Å². The van der Waals surface area contributed by atoms with Crippen molar-refractivity contribution in [1.82, 2.24) is 25.5 Å². The summed E-state index contributed by atoms with van der Waals surface area (Å²) in [7, 11) is 0. The zero-order valence-corrected chi connectivity index (χ0v) is 14.0. The number of hydrogen-bond donors (Lipinski definition) is 2. The van der Waals surface area contributed by atoms with E-state index in [1.54, 1.807) is 26.0 Å². The summed E-state index contributed by atoms with van der Waals surface area (Å²) in [5, 5.41) is 25.0. The molecular formula is C17H19N5O3. The lowest BCUT2D eigenvalue weighted by Gasteiger charge is -2.21. The van der Waals surface area contributed by atoms with Gasteiger partial charge in [0.1, 0.15) is 23.7 Å². The number of aryl methyl sites for hydroxylation is 1. The fourth-order valence-electron chi connectivity index (χ4n) is 2.28. The molecule has 1 aromatic carbocycles. The van der Waals surface area contributed by atoms with Crippen LogP contribution < -0.4 is 5.32 Å². The largest absolute Gasteiger partial charge is 0.463 e. The Hall–Kier alpha value is -3.00. The maximum Gasteiger partial charge on any atom is 0.243 e. The number of rotatable bonds is 6. The van der Waals surface area contributed by atoms with Crippen molar-refractivity contribution < 1.29 is 14.3 Å². The molecular weight excluding hydrogens is 322 g/mol. The number of tetrazole rings is 1. The second-order valence-corrected chi connectivity index (χ2v) is 5.97. The molecule has 8 nitrogen and oxygen atoms in total. The molecule has 0 bridgehead atoms. The molecule has 3 rings (SSSR count). The summed E-state index contributed by atoms with van der Waals surface area (Å²) in [6.45, 7) is 3.29. The Morgan fingerprint density at radius 3 is 2.72 bits per heavy atom. The number of aromatic nitrogens is 4. The standard InChI is InChI=1S/C17H19N5O3/c1-12-8-9-14(25-12)17(2,24)11-18-15(23)10-22-20-16(19-21-22)13-6-4-3-5-7-13/h3-9,24H,10-11H2,1-2H3,(H,18,23). The zero-order valence-electron chi connectivity index (χ0n) is 14.0. The lowest BCUT2D eigenvalue weighted by atomic mass is 10.0. The molecule has 1 atom stereocenters. The molecule has 0 aliphatic rings. The fraction of sp³-hybridized carbons (Fsp3) is 0.294. The SMILES string of the molecule is Cc1ccc(C(C)(O)CNC(=O)Cn2nnc(-c3ccccc3)n2)o1. The number of nitrogens with one attached hydrogen (secondary N) is 1. The van der Waals surface area contributed by atoms with Gasteiger partial charge in [0.25, 0.3) is 0 Å². The highest BCUT2D eigenvalue weighted by Gasteiger charge is 2.27.